The average Bonchev–Trinajstić information content (AvgIpc) is 2.16. The lowest BCUT2D eigenvalue weighted by atomic mass is 9.98. The van der Waals surface area contributed by atoms with Crippen molar-refractivity contribution in [1.82, 2.24) is 0 Å². The molecule has 0 bridgehead atoms. The molecule has 14 heavy (non-hydrogen) atoms. The highest BCUT2D eigenvalue weighted by molar-refractivity contribution is 5.76. The van der Waals surface area contributed by atoms with Crippen LogP contribution in [0, 0.1) is 0 Å². The number of rotatable bonds is 3. The maximum absolute atomic E-state index is 10.7. The molecular formula is C10H13NO3. The van der Waals surface area contributed by atoms with Gasteiger partial charge in [0.1, 0.15) is 11.8 Å². The Morgan fingerprint density at radius 2 is 2.21 bits per heavy atom. The molecule has 0 aromatic heterocycles. The van der Waals surface area contributed by atoms with Crippen LogP contribution in [0.25, 0.3) is 0 Å². The number of hydrogen-bond acceptors (Lipinski definition) is 3. The van der Waals surface area contributed by atoms with Crippen molar-refractivity contribution in [3.05, 3.63) is 29.3 Å². The molecular weight excluding hydrogens is 182 g/mol. The number of hydrogen-bond donors (Lipinski definition) is 3. The minimum absolute atomic E-state index is 0.0988. The minimum atomic E-state index is -1.09. The van der Waals surface area contributed by atoms with E-state index in [9.17, 15) is 9.90 Å². The molecule has 0 radical (unpaired) electrons. The van der Waals surface area contributed by atoms with Gasteiger partial charge < -0.3 is 15.9 Å². The molecule has 0 unspecified atom stereocenters. The first-order valence-corrected chi connectivity index (χ1v) is 4.37. The van der Waals surface area contributed by atoms with Crippen molar-refractivity contribution in [1.29, 1.82) is 0 Å². The number of benzene rings is 1. The first-order valence-electron chi connectivity index (χ1n) is 4.37. The average molecular weight is 195 g/mol. The number of aromatic hydroxyl groups is 1. The fraction of sp³-hybridized carbons (Fsp3) is 0.300. The van der Waals surface area contributed by atoms with Gasteiger partial charge in [0.05, 0.1) is 0 Å². The van der Waals surface area contributed by atoms with Gasteiger partial charge in [-0.15, -0.1) is 0 Å². The zero-order chi connectivity index (χ0) is 10.7. The van der Waals surface area contributed by atoms with Crippen LogP contribution in [0.1, 0.15) is 24.1 Å². The fourth-order valence-electron chi connectivity index (χ4n) is 1.40. The number of phenols is 1. The summed E-state index contributed by atoms with van der Waals surface area (Å²) in [5.74, 6) is -0.994. The molecule has 4 nitrogen and oxygen atoms in total. The van der Waals surface area contributed by atoms with Crippen molar-refractivity contribution in [2.75, 3.05) is 0 Å². The maximum atomic E-state index is 10.7. The molecule has 4 N–H and O–H groups in total. The normalized spacial score (nSPS) is 12.4. The van der Waals surface area contributed by atoms with Crippen molar-refractivity contribution >= 4 is 5.97 Å². The SMILES string of the molecule is CCc1c(O)cccc1[C@H](N)C(=O)O. The Morgan fingerprint density at radius 1 is 1.57 bits per heavy atom. The van der Waals surface area contributed by atoms with E-state index in [1.165, 1.54) is 6.07 Å². The van der Waals surface area contributed by atoms with Crippen molar-refractivity contribution in [3.63, 3.8) is 0 Å². The topological polar surface area (TPSA) is 83.5 Å². The summed E-state index contributed by atoms with van der Waals surface area (Å²) < 4.78 is 0. The van der Waals surface area contributed by atoms with Gasteiger partial charge >= 0.3 is 5.97 Å². The highest BCUT2D eigenvalue weighted by atomic mass is 16.4. The van der Waals surface area contributed by atoms with Crippen LogP contribution >= 0.6 is 0 Å². The van der Waals surface area contributed by atoms with E-state index in [1.54, 1.807) is 12.1 Å². The van der Waals surface area contributed by atoms with E-state index in [1.807, 2.05) is 6.92 Å². The Bertz CT molecular complexity index is 349. The maximum Gasteiger partial charge on any atom is 0.325 e. The number of carbonyl (C=O) groups is 1. The largest absolute Gasteiger partial charge is 0.508 e. The van der Waals surface area contributed by atoms with Crippen LogP contribution in [-0.2, 0) is 11.2 Å². The second kappa shape index (κ2) is 4.11. The monoisotopic (exact) mass is 195 g/mol. The molecule has 76 valence electrons. The van der Waals surface area contributed by atoms with E-state index in [4.69, 9.17) is 10.8 Å². The van der Waals surface area contributed by atoms with Crippen LogP contribution in [0.3, 0.4) is 0 Å². The molecule has 1 rings (SSSR count). The van der Waals surface area contributed by atoms with E-state index in [-0.39, 0.29) is 5.75 Å². The Balaban J connectivity index is 3.20. The zero-order valence-electron chi connectivity index (χ0n) is 7.90. The van der Waals surface area contributed by atoms with E-state index in [0.717, 1.165) is 0 Å². The lowest BCUT2D eigenvalue weighted by molar-refractivity contribution is -0.138. The third-order valence-electron chi connectivity index (χ3n) is 2.14. The van der Waals surface area contributed by atoms with Gasteiger partial charge in [0, 0.05) is 0 Å². The molecule has 0 saturated heterocycles. The Hall–Kier alpha value is -1.55. The lowest BCUT2D eigenvalue weighted by Crippen LogP contribution is -2.21. The van der Waals surface area contributed by atoms with E-state index < -0.39 is 12.0 Å². The van der Waals surface area contributed by atoms with E-state index in [0.29, 0.717) is 17.5 Å². The summed E-state index contributed by atoms with van der Waals surface area (Å²) in [6, 6.07) is 3.66. The van der Waals surface area contributed by atoms with Crippen molar-refractivity contribution < 1.29 is 15.0 Å². The molecule has 0 fully saturated rings. The summed E-state index contributed by atoms with van der Waals surface area (Å²) in [7, 11) is 0. The Morgan fingerprint density at radius 3 is 2.71 bits per heavy atom. The van der Waals surface area contributed by atoms with Gasteiger partial charge in [-0.3, -0.25) is 4.79 Å². The van der Waals surface area contributed by atoms with E-state index in [2.05, 4.69) is 0 Å². The molecule has 0 aliphatic carbocycles. The number of carboxylic acid groups (broad SMARTS) is 1. The lowest BCUT2D eigenvalue weighted by Gasteiger charge is -2.12. The zero-order valence-corrected chi connectivity index (χ0v) is 7.90. The van der Waals surface area contributed by atoms with Crippen LogP contribution in [0.2, 0.25) is 0 Å². The van der Waals surface area contributed by atoms with Crippen molar-refractivity contribution in [2.45, 2.75) is 19.4 Å². The van der Waals surface area contributed by atoms with E-state index >= 15 is 0 Å². The third kappa shape index (κ3) is 1.85. The summed E-state index contributed by atoms with van der Waals surface area (Å²) in [6.07, 6.45) is 0.559. The summed E-state index contributed by atoms with van der Waals surface area (Å²) in [6.45, 7) is 1.84. The van der Waals surface area contributed by atoms with Crippen LogP contribution in [0.4, 0.5) is 0 Å². The standard InChI is InChI=1S/C10H13NO3/c1-2-6-7(9(11)10(13)14)4-3-5-8(6)12/h3-5,9,12H,2,11H2,1H3,(H,13,14)/t9-/m0/s1. The number of nitrogens with two attached hydrogens (primary N) is 1. The van der Waals surface area contributed by atoms with Crippen LogP contribution in [-0.4, -0.2) is 16.2 Å². The second-order valence-electron chi connectivity index (χ2n) is 3.01. The fourth-order valence-corrected chi connectivity index (χ4v) is 1.40. The van der Waals surface area contributed by atoms with Crippen molar-refractivity contribution in [2.24, 2.45) is 5.73 Å². The molecule has 0 spiro atoms. The summed E-state index contributed by atoms with van der Waals surface area (Å²) in [4.78, 5) is 10.7. The van der Waals surface area contributed by atoms with Gasteiger partial charge in [-0.2, -0.15) is 0 Å². The van der Waals surface area contributed by atoms with Crippen molar-refractivity contribution in [3.8, 4) is 5.75 Å². The van der Waals surface area contributed by atoms with Gasteiger partial charge in [-0.05, 0) is 23.6 Å². The van der Waals surface area contributed by atoms with Crippen LogP contribution in [0.15, 0.2) is 18.2 Å². The van der Waals surface area contributed by atoms with Gasteiger partial charge in [0.25, 0.3) is 0 Å². The molecule has 0 saturated carbocycles. The van der Waals surface area contributed by atoms with Gasteiger partial charge in [0.2, 0.25) is 0 Å². The summed E-state index contributed by atoms with van der Waals surface area (Å²) >= 11 is 0. The highest BCUT2D eigenvalue weighted by Crippen LogP contribution is 2.25. The molecule has 0 heterocycles. The second-order valence-corrected chi connectivity index (χ2v) is 3.01. The predicted octanol–water partition coefficient (Wildman–Crippen LogP) is 1.04. The molecule has 1 atom stereocenters. The van der Waals surface area contributed by atoms with Gasteiger partial charge in [-0.25, -0.2) is 0 Å². The molecule has 0 aliphatic heterocycles. The Kier molecular flexibility index (Phi) is 3.09. The number of phenolic OH excluding ortho intramolecular Hbond substituents is 1. The third-order valence-corrected chi connectivity index (χ3v) is 2.14. The molecule has 4 heteroatoms. The molecule has 1 aromatic carbocycles. The quantitative estimate of drug-likeness (QED) is 0.672. The smallest absolute Gasteiger partial charge is 0.325 e. The summed E-state index contributed by atoms with van der Waals surface area (Å²) in [5.41, 5.74) is 6.54. The van der Waals surface area contributed by atoms with Crippen LogP contribution < -0.4 is 5.73 Å². The number of aliphatic carboxylic acids is 1. The number of carboxylic acids is 1. The first-order chi connectivity index (χ1) is 6.57. The van der Waals surface area contributed by atoms with Crippen LogP contribution in [0.5, 0.6) is 5.75 Å². The summed E-state index contributed by atoms with van der Waals surface area (Å²) in [5, 5.41) is 18.2. The van der Waals surface area contributed by atoms with Gasteiger partial charge in [0.15, 0.2) is 0 Å². The Labute approximate surface area is 82.0 Å². The molecule has 0 aliphatic rings. The highest BCUT2D eigenvalue weighted by Gasteiger charge is 2.18. The molecule has 0 amide bonds. The minimum Gasteiger partial charge on any atom is -0.508 e. The first kappa shape index (κ1) is 10.5. The predicted molar refractivity (Wildman–Crippen MR) is 52.0 cm³/mol. The van der Waals surface area contributed by atoms with Gasteiger partial charge in [-0.1, -0.05) is 19.1 Å². The molecule has 1 aromatic rings.